The molecule has 218 valence electrons. The third kappa shape index (κ3) is 7.49. The maximum absolute atomic E-state index is 14.1. The minimum Gasteiger partial charge on any atom is -0.352 e. The molecule has 9 heteroatoms. The number of hydrogen-bond acceptors (Lipinski definition) is 4. The topological polar surface area (TPSA) is 86.8 Å². The molecule has 0 radical (unpaired) electrons. The van der Waals surface area contributed by atoms with Crippen molar-refractivity contribution in [2.45, 2.75) is 76.4 Å². The summed E-state index contributed by atoms with van der Waals surface area (Å²) in [6.07, 6.45) is 5.09. The molecule has 3 aromatic rings. The Labute approximate surface area is 248 Å². The molecular formula is C32H38ClN3O4S. The molecule has 0 heterocycles. The zero-order chi connectivity index (χ0) is 29.6. The second-order valence-electron chi connectivity index (χ2n) is 10.7. The summed E-state index contributed by atoms with van der Waals surface area (Å²) in [5.74, 6) is -0.769. The fraction of sp³-hybridized carbons (Fsp3) is 0.375. The molecule has 1 N–H and O–H groups in total. The first-order chi connectivity index (χ1) is 19.6. The van der Waals surface area contributed by atoms with Crippen LogP contribution in [0, 0.1) is 13.8 Å². The second-order valence-corrected chi connectivity index (χ2v) is 13.0. The van der Waals surface area contributed by atoms with Crippen LogP contribution in [0.1, 0.15) is 55.7 Å². The van der Waals surface area contributed by atoms with E-state index in [2.05, 4.69) is 5.32 Å². The predicted molar refractivity (Wildman–Crippen MR) is 163 cm³/mol. The summed E-state index contributed by atoms with van der Waals surface area (Å²) in [5.41, 5.74) is 2.95. The summed E-state index contributed by atoms with van der Waals surface area (Å²) in [7, 11) is -4.10. The lowest BCUT2D eigenvalue weighted by Gasteiger charge is -2.33. The summed E-state index contributed by atoms with van der Waals surface area (Å²) in [5, 5.41) is 3.58. The van der Waals surface area contributed by atoms with Crippen molar-refractivity contribution in [2.75, 3.05) is 10.8 Å². The average Bonchev–Trinajstić information content (AvgIpc) is 2.97. The van der Waals surface area contributed by atoms with E-state index in [1.54, 1.807) is 55.5 Å². The van der Waals surface area contributed by atoms with Crippen molar-refractivity contribution in [2.24, 2.45) is 0 Å². The Morgan fingerprint density at radius 3 is 2.24 bits per heavy atom. The number of nitrogens with zero attached hydrogens (tertiary/aromatic N) is 2. The monoisotopic (exact) mass is 595 g/mol. The molecule has 1 fully saturated rings. The molecule has 1 atom stereocenters. The zero-order valence-electron chi connectivity index (χ0n) is 23.8. The maximum Gasteiger partial charge on any atom is 0.264 e. The summed E-state index contributed by atoms with van der Waals surface area (Å²) in [6, 6.07) is 19.7. The van der Waals surface area contributed by atoms with Gasteiger partial charge in [-0.05, 0) is 80.6 Å². The Hall–Kier alpha value is -3.36. The van der Waals surface area contributed by atoms with Gasteiger partial charge in [-0.3, -0.25) is 13.9 Å². The number of sulfonamides is 1. The molecule has 0 bridgehead atoms. The van der Waals surface area contributed by atoms with Gasteiger partial charge in [0.05, 0.1) is 10.6 Å². The third-order valence-electron chi connectivity index (χ3n) is 7.81. The van der Waals surface area contributed by atoms with Gasteiger partial charge >= 0.3 is 0 Å². The molecule has 0 saturated heterocycles. The first kappa shape index (κ1) is 30.6. The highest BCUT2D eigenvalue weighted by atomic mass is 35.5. The molecular weight excluding hydrogens is 558 g/mol. The molecule has 0 unspecified atom stereocenters. The van der Waals surface area contributed by atoms with Crippen molar-refractivity contribution in [3.05, 3.63) is 94.5 Å². The largest absolute Gasteiger partial charge is 0.352 e. The van der Waals surface area contributed by atoms with Crippen molar-refractivity contribution in [1.82, 2.24) is 10.2 Å². The lowest BCUT2D eigenvalue weighted by molar-refractivity contribution is -0.139. The van der Waals surface area contributed by atoms with Crippen LogP contribution in [-0.4, -0.2) is 43.8 Å². The van der Waals surface area contributed by atoms with Crippen molar-refractivity contribution >= 4 is 39.1 Å². The van der Waals surface area contributed by atoms with E-state index in [9.17, 15) is 18.0 Å². The molecule has 1 saturated carbocycles. The first-order valence-corrected chi connectivity index (χ1v) is 15.9. The van der Waals surface area contributed by atoms with Crippen molar-refractivity contribution in [1.29, 1.82) is 0 Å². The zero-order valence-corrected chi connectivity index (χ0v) is 25.4. The Morgan fingerprint density at radius 1 is 0.927 bits per heavy atom. The van der Waals surface area contributed by atoms with E-state index in [4.69, 9.17) is 11.6 Å². The van der Waals surface area contributed by atoms with Crippen LogP contribution in [0.25, 0.3) is 0 Å². The fourth-order valence-electron chi connectivity index (χ4n) is 5.09. The standard InChI is InChI=1S/C32H38ClN3O4S/c1-23-18-19-28(20-24(23)2)36(41(39,40)29-15-8-5-9-16-29)22-31(37)35(21-26-12-10-11-17-30(26)33)25(3)32(38)34-27-13-6-4-7-14-27/h5,8-12,15-20,25,27H,4,6-7,13-14,21-22H2,1-3H3,(H,34,38)/t25-/m1/s1. The predicted octanol–water partition coefficient (Wildman–Crippen LogP) is 6.02. The number of rotatable bonds is 10. The van der Waals surface area contributed by atoms with E-state index in [1.807, 2.05) is 26.0 Å². The number of carbonyl (C=O) groups excluding carboxylic acids is 2. The third-order valence-corrected chi connectivity index (χ3v) is 9.96. The minimum absolute atomic E-state index is 0.0594. The molecule has 1 aliphatic rings. The second kappa shape index (κ2) is 13.5. The van der Waals surface area contributed by atoms with Crippen LogP contribution < -0.4 is 9.62 Å². The van der Waals surface area contributed by atoms with Gasteiger partial charge in [-0.2, -0.15) is 0 Å². The van der Waals surface area contributed by atoms with Crippen LogP contribution in [0.5, 0.6) is 0 Å². The van der Waals surface area contributed by atoms with Gasteiger partial charge in [0.25, 0.3) is 10.0 Å². The number of carbonyl (C=O) groups is 2. The SMILES string of the molecule is Cc1ccc(N(CC(=O)N(Cc2ccccc2Cl)[C@H](C)C(=O)NC2CCCCC2)S(=O)(=O)c2ccccc2)cc1C. The van der Waals surface area contributed by atoms with Crippen LogP contribution in [0.3, 0.4) is 0 Å². The van der Waals surface area contributed by atoms with Crippen LogP contribution in [0.15, 0.2) is 77.7 Å². The average molecular weight is 596 g/mol. The molecule has 2 amide bonds. The molecule has 3 aromatic carbocycles. The highest BCUT2D eigenvalue weighted by Gasteiger charge is 2.33. The number of aryl methyl sites for hydroxylation is 2. The van der Waals surface area contributed by atoms with E-state index in [0.717, 1.165) is 47.5 Å². The van der Waals surface area contributed by atoms with Crippen LogP contribution in [0.4, 0.5) is 5.69 Å². The number of amides is 2. The molecule has 41 heavy (non-hydrogen) atoms. The number of benzene rings is 3. The maximum atomic E-state index is 14.1. The quantitative estimate of drug-likeness (QED) is 0.311. The van der Waals surface area contributed by atoms with Crippen molar-refractivity contribution in [3.63, 3.8) is 0 Å². The van der Waals surface area contributed by atoms with E-state index < -0.39 is 28.5 Å². The Bertz CT molecular complexity index is 1470. The number of hydrogen-bond donors (Lipinski definition) is 1. The summed E-state index contributed by atoms with van der Waals surface area (Å²) in [6.45, 7) is 5.10. The van der Waals surface area contributed by atoms with Gasteiger partial charge in [0.1, 0.15) is 12.6 Å². The summed E-state index contributed by atoms with van der Waals surface area (Å²) >= 11 is 6.45. The van der Waals surface area contributed by atoms with E-state index >= 15 is 0 Å². The number of nitrogens with one attached hydrogen (secondary N) is 1. The Balaban J connectivity index is 1.69. The smallest absolute Gasteiger partial charge is 0.264 e. The lowest BCUT2D eigenvalue weighted by atomic mass is 9.95. The van der Waals surface area contributed by atoms with Crippen LogP contribution in [0.2, 0.25) is 5.02 Å². The van der Waals surface area contributed by atoms with Gasteiger partial charge in [0.2, 0.25) is 11.8 Å². The summed E-state index contributed by atoms with van der Waals surface area (Å²) in [4.78, 5) is 29.0. The van der Waals surface area contributed by atoms with Crippen LogP contribution in [-0.2, 0) is 26.2 Å². The summed E-state index contributed by atoms with van der Waals surface area (Å²) < 4.78 is 29.0. The fourth-order valence-corrected chi connectivity index (χ4v) is 6.71. The highest BCUT2D eigenvalue weighted by molar-refractivity contribution is 7.92. The molecule has 7 nitrogen and oxygen atoms in total. The van der Waals surface area contributed by atoms with Gasteiger partial charge in [0, 0.05) is 17.6 Å². The van der Waals surface area contributed by atoms with Gasteiger partial charge in [0.15, 0.2) is 0 Å². The first-order valence-electron chi connectivity index (χ1n) is 14.1. The molecule has 1 aliphatic carbocycles. The van der Waals surface area contributed by atoms with Crippen LogP contribution >= 0.6 is 11.6 Å². The molecule has 0 aliphatic heterocycles. The van der Waals surface area contributed by atoms with Crippen molar-refractivity contribution < 1.29 is 18.0 Å². The molecule has 0 aromatic heterocycles. The molecule has 0 spiro atoms. The normalized spacial score (nSPS) is 14.7. The number of anilines is 1. The lowest BCUT2D eigenvalue weighted by Crippen LogP contribution is -2.53. The molecule has 4 rings (SSSR count). The van der Waals surface area contributed by atoms with E-state index in [-0.39, 0.29) is 23.4 Å². The van der Waals surface area contributed by atoms with Gasteiger partial charge < -0.3 is 10.2 Å². The van der Waals surface area contributed by atoms with Gasteiger partial charge in [-0.1, -0.05) is 73.3 Å². The number of halogens is 1. The van der Waals surface area contributed by atoms with Gasteiger partial charge in [-0.15, -0.1) is 0 Å². The van der Waals surface area contributed by atoms with Crippen molar-refractivity contribution in [3.8, 4) is 0 Å². The highest BCUT2D eigenvalue weighted by Crippen LogP contribution is 2.27. The van der Waals surface area contributed by atoms with E-state index in [0.29, 0.717) is 16.3 Å². The Morgan fingerprint density at radius 2 is 1.59 bits per heavy atom. The van der Waals surface area contributed by atoms with Gasteiger partial charge in [-0.25, -0.2) is 8.42 Å². The minimum atomic E-state index is -4.10. The van der Waals surface area contributed by atoms with E-state index in [1.165, 1.54) is 17.0 Å². The Kier molecular flexibility index (Phi) is 10.1.